The van der Waals surface area contributed by atoms with Crippen molar-refractivity contribution >= 4 is 84.3 Å². The van der Waals surface area contributed by atoms with E-state index in [2.05, 4.69) is 138 Å². The van der Waals surface area contributed by atoms with Gasteiger partial charge in [0.1, 0.15) is 0 Å². The molecule has 0 unspecified atom stereocenters. The summed E-state index contributed by atoms with van der Waals surface area (Å²) in [7, 11) is -32.6. The molecule has 0 spiro atoms. The van der Waals surface area contributed by atoms with Gasteiger partial charge in [0.2, 0.25) is 0 Å². The van der Waals surface area contributed by atoms with Crippen molar-refractivity contribution in [2.24, 2.45) is 41.4 Å². The van der Waals surface area contributed by atoms with Crippen molar-refractivity contribution in [1.29, 1.82) is 0 Å². The molecule has 6 aliphatic rings. The molecule has 6 fully saturated rings. The fourth-order valence-electron chi connectivity index (χ4n) is 10.2. The molecule has 59 heavy (non-hydrogen) atoms. The zero-order valence-electron chi connectivity index (χ0n) is 40.5. The summed E-state index contributed by atoms with van der Waals surface area (Å²) in [5.41, 5.74) is 0. The summed E-state index contributed by atoms with van der Waals surface area (Å²) < 4.78 is 104. The number of hydrogen-bond donors (Lipinski definition) is 0. The molecule has 0 N–H and O–H groups in total. The van der Waals surface area contributed by atoms with Gasteiger partial charge in [0.25, 0.3) is 0 Å². The molecule has 0 aromatic rings. The average molecular weight is 1030 g/mol. The fraction of sp³-hybridized carbons (Fsp3) is 1.00. The van der Waals surface area contributed by atoms with Crippen LogP contribution < -0.4 is 0 Å². The van der Waals surface area contributed by atoms with Crippen LogP contribution in [0, 0.1) is 41.4 Å². The average Bonchev–Trinajstić information content (AvgIpc) is 2.92. The van der Waals surface area contributed by atoms with Gasteiger partial charge in [0.05, 0.1) is 0 Å². The van der Waals surface area contributed by atoms with Gasteiger partial charge in [-0.05, 0) is 0 Å². The molecule has 0 radical (unpaired) electrons. The molecule has 6 heterocycles. The van der Waals surface area contributed by atoms with Crippen LogP contribution in [0.2, 0.25) is 56.6 Å². The van der Waals surface area contributed by atoms with Crippen LogP contribution in [0.25, 0.3) is 0 Å². The first kappa shape index (κ1) is 51.7. The third-order valence-electron chi connectivity index (χ3n) is 11.3. The standard InChI is InChI=1S/C37H84GeO13Si8/c1-28(2)21-52-40-53(22-29(3)4)43-56(25-32(9)10)45-54(41-52,23-30(5)6)47-58(27-34(13)14)48-55(42-52,24-31(7)8)46-57(44-53,26-33(11)12)50-59(49-56,51-58)39-38(35(15)16,36(17)18)37(19)20/h28-37H,21-27H2,1-20H3. The second-order valence-corrected chi connectivity index (χ2v) is 57.7. The molecular formula is C37H84GeO13Si8. The molecule has 0 aromatic carbocycles. The van der Waals surface area contributed by atoms with Crippen molar-refractivity contribution in [3.8, 4) is 0 Å². The molecule has 346 valence electrons. The van der Waals surface area contributed by atoms with Crippen LogP contribution in [-0.4, -0.2) is 84.3 Å². The van der Waals surface area contributed by atoms with Crippen molar-refractivity contribution in [3.05, 3.63) is 0 Å². The first-order valence-corrected chi connectivity index (χ1v) is 42.7. The number of rotatable bonds is 19. The Balaban J connectivity index is 2.03. The molecule has 0 aliphatic carbocycles. The van der Waals surface area contributed by atoms with Crippen LogP contribution in [0.3, 0.4) is 0 Å². The zero-order valence-corrected chi connectivity index (χ0v) is 50.6. The summed E-state index contributed by atoms with van der Waals surface area (Å²) in [4.78, 5) is 0. The van der Waals surface area contributed by atoms with E-state index in [0.29, 0.717) is 42.3 Å². The first-order valence-electron chi connectivity index (χ1n) is 23.1. The molecule has 6 aliphatic heterocycles. The van der Waals surface area contributed by atoms with E-state index in [1.54, 1.807) is 0 Å². The van der Waals surface area contributed by atoms with E-state index < -0.39 is 84.3 Å². The van der Waals surface area contributed by atoms with Gasteiger partial charge in [-0.2, -0.15) is 0 Å². The van der Waals surface area contributed by atoms with Gasteiger partial charge in [0, 0.05) is 0 Å². The molecule has 6 rings (SSSR count). The first-order chi connectivity index (χ1) is 26.9. The SMILES string of the molecule is CC(C)C[Si]12O[Si]3(CC(C)C)O[Si]4(CC(C)C)O[Si](CC(C)C)(O1)O[Si]1(CC(C)C)O[Si](CC(C)C)(O2)O[Si](CC(C)C)(O3)O[Si]([O][Ge]([CH](C)C)([CH](C)C)[CH](C)C)(O4)O1. The van der Waals surface area contributed by atoms with Crippen molar-refractivity contribution in [3.63, 3.8) is 0 Å². The van der Waals surface area contributed by atoms with E-state index in [1.807, 2.05) is 0 Å². The molecule has 8 bridgehead atoms. The van der Waals surface area contributed by atoms with Crippen LogP contribution in [0.1, 0.15) is 138 Å². The molecule has 0 aromatic heterocycles. The number of hydrogen-bond acceptors (Lipinski definition) is 13. The van der Waals surface area contributed by atoms with E-state index in [0.717, 1.165) is 0 Å². The van der Waals surface area contributed by atoms with Crippen LogP contribution in [0.15, 0.2) is 0 Å². The third-order valence-corrected chi connectivity index (χ3v) is 65.4. The Morgan fingerprint density at radius 2 is 0.424 bits per heavy atom. The molecule has 0 amide bonds. The van der Waals surface area contributed by atoms with Gasteiger partial charge in [-0.1, -0.05) is 0 Å². The molecular weight excluding hydrogens is 950 g/mol. The Morgan fingerprint density at radius 3 is 0.559 bits per heavy atom. The van der Waals surface area contributed by atoms with Crippen molar-refractivity contribution < 1.29 is 52.8 Å². The van der Waals surface area contributed by atoms with Gasteiger partial charge >= 0.3 is 374 Å². The predicted molar refractivity (Wildman–Crippen MR) is 249 cm³/mol. The van der Waals surface area contributed by atoms with Crippen molar-refractivity contribution in [2.75, 3.05) is 0 Å². The van der Waals surface area contributed by atoms with Gasteiger partial charge in [-0.25, -0.2) is 0 Å². The van der Waals surface area contributed by atoms with E-state index in [9.17, 15) is 0 Å². The third kappa shape index (κ3) is 11.3. The summed E-state index contributed by atoms with van der Waals surface area (Å²) >= 11 is -3.62. The van der Waals surface area contributed by atoms with Crippen LogP contribution in [0.5, 0.6) is 0 Å². The van der Waals surface area contributed by atoms with E-state index in [1.165, 1.54) is 0 Å². The monoisotopic (exact) mass is 1030 g/mol. The summed E-state index contributed by atoms with van der Waals surface area (Å²) in [6, 6.07) is 3.21. The van der Waals surface area contributed by atoms with Gasteiger partial charge in [-0.3, -0.25) is 0 Å². The Morgan fingerprint density at radius 1 is 0.271 bits per heavy atom. The van der Waals surface area contributed by atoms with E-state index in [-0.39, 0.29) is 55.7 Å². The maximum absolute atomic E-state index is 8.05. The zero-order chi connectivity index (χ0) is 44.4. The molecule has 13 nitrogen and oxygen atoms in total. The normalized spacial score (nSPS) is 38.9. The molecule has 22 heteroatoms. The van der Waals surface area contributed by atoms with Gasteiger partial charge in [-0.15, -0.1) is 0 Å². The van der Waals surface area contributed by atoms with Crippen LogP contribution >= 0.6 is 0 Å². The summed E-state index contributed by atoms with van der Waals surface area (Å²) in [6.45, 7) is 44.2. The minimum atomic E-state index is -4.53. The predicted octanol–water partition coefficient (Wildman–Crippen LogP) is 11.0. The second-order valence-electron chi connectivity index (χ2n) is 22.1. The van der Waals surface area contributed by atoms with E-state index in [4.69, 9.17) is 52.8 Å². The van der Waals surface area contributed by atoms with Crippen molar-refractivity contribution in [2.45, 2.75) is 195 Å². The summed E-state index contributed by atoms with van der Waals surface area (Å²) in [6.07, 6.45) is 0. The van der Waals surface area contributed by atoms with Crippen molar-refractivity contribution in [1.82, 2.24) is 0 Å². The van der Waals surface area contributed by atoms with E-state index >= 15 is 0 Å². The van der Waals surface area contributed by atoms with Gasteiger partial charge in [0.15, 0.2) is 0 Å². The second kappa shape index (κ2) is 18.4. The molecule has 6 saturated heterocycles. The summed E-state index contributed by atoms with van der Waals surface area (Å²) in [5, 5.41) is 0. The molecule has 0 saturated carbocycles. The topological polar surface area (TPSA) is 120 Å². The van der Waals surface area contributed by atoms with Gasteiger partial charge < -0.3 is 0 Å². The Labute approximate surface area is 371 Å². The Bertz CT molecular complexity index is 1270. The fourth-order valence-corrected chi connectivity index (χ4v) is 78.4. The Hall–Kier alpha value is 1.76. The minimum absolute atomic E-state index is 0.0818. The maximum atomic E-state index is 8.05. The van der Waals surface area contributed by atoms with Crippen LogP contribution in [0.4, 0.5) is 0 Å². The molecule has 0 atom stereocenters. The summed E-state index contributed by atoms with van der Waals surface area (Å²) in [5.74, 6) is 0.692. The Kier molecular flexibility index (Phi) is 16.2. The quantitative estimate of drug-likeness (QED) is 0.114. The van der Waals surface area contributed by atoms with Crippen LogP contribution in [-0.2, 0) is 52.8 Å².